The fraction of sp³-hybridized carbons (Fsp3) is 0.286. The molecule has 8 nitrogen and oxygen atoms in total. The van der Waals surface area contributed by atoms with Gasteiger partial charge in [0.2, 0.25) is 5.91 Å². The van der Waals surface area contributed by atoms with Crippen molar-refractivity contribution in [1.29, 1.82) is 0 Å². The maximum Gasteiger partial charge on any atom is 0.434 e. The van der Waals surface area contributed by atoms with Crippen LogP contribution in [0.3, 0.4) is 0 Å². The van der Waals surface area contributed by atoms with Crippen molar-refractivity contribution in [3.63, 3.8) is 0 Å². The van der Waals surface area contributed by atoms with Gasteiger partial charge in [-0.1, -0.05) is 4.98 Å². The first-order valence-electron chi connectivity index (χ1n) is 3.98. The van der Waals surface area contributed by atoms with Crippen LogP contribution >= 0.6 is 0 Å². The smallest absolute Gasteiger partial charge is 0.390 e. The molecule has 1 amide bonds. The molecule has 0 spiro atoms. The van der Waals surface area contributed by atoms with E-state index in [0.29, 0.717) is 5.69 Å². The first kappa shape index (κ1) is 10.8. The van der Waals surface area contributed by atoms with E-state index in [1.54, 1.807) is 0 Å². The number of carbonyl (C=O) groups excluding carboxylic acids is 1. The van der Waals surface area contributed by atoms with Crippen molar-refractivity contribution >= 4 is 18.1 Å². The van der Waals surface area contributed by atoms with Gasteiger partial charge in [0.15, 0.2) is 5.69 Å². The quantitative estimate of drug-likeness (QED) is 0.424. The highest BCUT2D eigenvalue weighted by atomic mass is 16.6. The summed E-state index contributed by atoms with van der Waals surface area (Å²) in [6.07, 6.45) is 2.57. The molecule has 1 rings (SSSR count). The van der Waals surface area contributed by atoms with Gasteiger partial charge < -0.3 is 10.1 Å². The monoisotopic (exact) mass is 211 g/mol. The van der Waals surface area contributed by atoms with Gasteiger partial charge in [0, 0.05) is 6.92 Å². The summed E-state index contributed by atoms with van der Waals surface area (Å²) in [5.74, 6) is -0.595. The summed E-state index contributed by atoms with van der Waals surface area (Å²) >= 11 is 0. The molecule has 1 heterocycles. The van der Waals surface area contributed by atoms with Crippen LogP contribution < -0.4 is 5.43 Å². The van der Waals surface area contributed by atoms with Crippen molar-refractivity contribution < 1.29 is 9.72 Å². The zero-order valence-corrected chi connectivity index (χ0v) is 8.17. The minimum absolute atomic E-state index is 0.278. The molecule has 0 fully saturated rings. The molecule has 0 aromatic carbocycles. The van der Waals surface area contributed by atoms with Crippen molar-refractivity contribution in [2.24, 2.45) is 12.1 Å². The summed E-state index contributed by atoms with van der Waals surface area (Å²) in [6, 6.07) is 0. The number of hydrazone groups is 1. The van der Waals surface area contributed by atoms with E-state index in [1.807, 2.05) is 0 Å². The van der Waals surface area contributed by atoms with Gasteiger partial charge in [-0.25, -0.2) is 9.99 Å². The third kappa shape index (κ3) is 2.59. The van der Waals surface area contributed by atoms with Crippen molar-refractivity contribution in [3.8, 4) is 0 Å². The third-order valence-corrected chi connectivity index (χ3v) is 1.58. The molecule has 0 bridgehead atoms. The van der Waals surface area contributed by atoms with Gasteiger partial charge in [0.05, 0.1) is 13.3 Å². The molecular formula is C7H9N5O3. The number of rotatable bonds is 3. The zero-order valence-electron chi connectivity index (χ0n) is 8.17. The Morgan fingerprint density at radius 1 is 1.80 bits per heavy atom. The van der Waals surface area contributed by atoms with Crippen LogP contribution in [0.2, 0.25) is 0 Å². The number of nitro groups is 1. The summed E-state index contributed by atoms with van der Waals surface area (Å²) in [4.78, 5) is 23.9. The van der Waals surface area contributed by atoms with Crippen LogP contribution in [0, 0.1) is 10.1 Å². The number of aromatic nitrogens is 2. The molecule has 0 aliphatic carbocycles. The molecule has 15 heavy (non-hydrogen) atoms. The van der Waals surface area contributed by atoms with E-state index in [0.717, 1.165) is 0 Å². The van der Waals surface area contributed by atoms with Crippen LogP contribution in [0.25, 0.3) is 0 Å². The number of nitrogens with zero attached hydrogens (tertiary/aromatic N) is 4. The third-order valence-electron chi connectivity index (χ3n) is 1.58. The van der Waals surface area contributed by atoms with Gasteiger partial charge in [-0.3, -0.25) is 4.79 Å². The second kappa shape index (κ2) is 4.31. The van der Waals surface area contributed by atoms with Crippen molar-refractivity contribution in [3.05, 3.63) is 22.0 Å². The Morgan fingerprint density at radius 3 is 2.93 bits per heavy atom. The van der Waals surface area contributed by atoms with Gasteiger partial charge in [0.25, 0.3) is 0 Å². The highest BCUT2D eigenvalue weighted by Crippen LogP contribution is 2.08. The Balaban J connectivity index is 2.83. The average Bonchev–Trinajstić information content (AvgIpc) is 2.47. The topological polar surface area (TPSA) is 102 Å². The Bertz CT molecular complexity index is 422. The maximum absolute atomic E-state index is 10.5. The molecule has 0 radical (unpaired) electrons. The molecule has 1 aromatic heterocycles. The Kier molecular flexibility index (Phi) is 3.11. The highest BCUT2D eigenvalue weighted by molar-refractivity contribution is 5.80. The van der Waals surface area contributed by atoms with E-state index in [-0.39, 0.29) is 11.9 Å². The molecular weight excluding hydrogens is 202 g/mol. The SMILES string of the molecule is CC(=O)N/N=C/c1cnc([N+](=O)[O-])n1C. The Hall–Kier alpha value is -2.25. The summed E-state index contributed by atoms with van der Waals surface area (Å²) in [5.41, 5.74) is 2.61. The summed E-state index contributed by atoms with van der Waals surface area (Å²) in [7, 11) is 1.49. The molecule has 0 saturated heterocycles. The lowest BCUT2D eigenvalue weighted by atomic mass is 10.5. The molecule has 1 N–H and O–H groups in total. The maximum atomic E-state index is 10.5. The fourth-order valence-corrected chi connectivity index (χ4v) is 0.891. The number of hydrogen-bond acceptors (Lipinski definition) is 5. The minimum Gasteiger partial charge on any atom is -0.390 e. The van der Waals surface area contributed by atoms with Gasteiger partial charge >= 0.3 is 5.95 Å². The van der Waals surface area contributed by atoms with E-state index in [4.69, 9.17) is 0 Å². The Labute approximate surface area is 84.8 Å². The van der Waals surface area contributed by atoms with Gasteiger partial charge in [-0.2, -0.15) is 5.10 Å². The first-order valence-corrected chi connectivity index (χ1v) is 3.98. The standard InChI is InChI=1S/C7H9N5O3/c1-5(13)10-9-4-6-3-8-7(11(6)2)12(14)15/h3-4H,1-2H3,(H,10,13)/b9-4+. The molecule has 80 valence electrons. The minimum atomic E-state index is -0.601. The van der Waals surface area contributed by atoms with E-state index in [1.165, 1.54) is 30.9 Å². The normalized spacial score (nSPS) is 10.5. The number of hydrogen-bond donors (Lipinski definition) is 1. The second-order valence-electron chi connectivity index (χ2n) is 2.73. The number of carbonyl (C=O) groups is 1. The Morgan fingerprint density at radius 2 is 2.47 bits per heavy atom. The van der Waals surface area contributed by atoms with E-state index >= 15 is 0 Å². The number of nitrogens with one attached hydrogen (secondary N) is 1. The largest absolute Gasteiger partial charge is 0.434 e. The zero-order chi connectivity index (χ0) is 11.4. The molecule has 0 saturated carbocycles. The molecule has 0 aliphatic rings. The average molecular weight is 211 g/mol. The predicted molar refractivity (Wildman–Crippen MR) is 51.3 cm³/mol. The van der Waals surface area contributed by atoms with E-state index in [9.17, 15) is 14.9 Å². The molecule has 0 atom stereocenters. The van der Waals surface area contributed by atoms with E-state index in [2.05, 4.69) is 15.5 Å². The molecule has 0 aliphatic heterocycles. The van der Waals surface area contributed by atoms with Crippen molar-refractivity contribution in [2.45, 2.75) is 6.92 Å². The number of imidazole rings is 1. The van der Waals surface area contributed by atoms with Gasteiger partial charge in [-0.15, -0.1) is 0 Å². The van der Waals surface area contributed by atoms with Crippen molar-refractivity contribution in [2.75, 3.05) is 0 Å². The van der Waals surface area contributed by atoms with Crippen LogP contribution in [0.4, 0.5) is 5.95 Å². The van der Waals surface area contributed by atoms with E-state index < -0.39 is 4.92 Å². The first-order chi connectivity index (χ1) is 7.02. The van der Waals surface area contributed by atoms with Gasteiger partial charge in [0.1, 0.15) is 6.20 Å². The van der Waals surface area contributed by atoms with Crippen LogP contribution in [-0.2, 0) is 11.8 Å². The molecule has 0 unspecified atom stereocenters. The van der Waals surface area contributed by atoms with Crippen molar-refractivity contribution in [1.82, 2.24) is 15.0 Å². The second-order valence-corrected chi connectivity index (χ2v) is 2.73. The van der Waals surface area contributed by atoms with Crippen LogP contribution in [0.5, 0.6) is 0 Å². The van der Waals surface area contributed by atoms with Gasteiger partial charge in [-0.05, 0) is 4.92 Å². The summed E-state index contributed by atoms with van der Waals surface area (Å²) in [5, 5.41) is 14.0. The lowest BCUT2D eigenvalue weighted by molar-refractivity contribution is -0.396. The predicted octanol–water partition coefficient (Wildman–Crippen LogP) is -0.202. The molecule has 8 heteroatoms. The van der Waals surface area contributed by atoms with Crippen LogP contribution in [0.15, 0.2) is 11.3 Å². The molecule has 1 aromatic rings. The fourth-order valence-electron chi connectivity index (χ4n) is 0.891. The highest BCUT2D eigenvalue weighted by Gasteiger charge is 2.15. The summed E-state index contributed by atoms with van der Waals surface area (Å²) in [6.45, 7) is 1.31. The lowest BCUT2D eigenvalue weighted by Gasteiger charge is -1.94. The van der Waals surface area contributed by atoms with Crippen LogP contribution in [-0.4, -0.2) is 26.6 Å². The number of amides is 1. The lowest BCUT2D eigenvalue weighted by Crippen LogP contribution is -2.12. The summed E-state index contributed by atoms with van der Waals surface area (Å²) < 4.78 is 1.26. The van der Waals surface area contributed by atoms with Crippen LogP contribution in [0.1, 0.15) is 12.6 Å².